The van der Waals surface area contributed by atoms with Crippen LogP contribution in [0.25, 0.3) is 0 Å². The van der Waals surface area contributed by atoms with Crippen molar-refractivity contribution in [3.05, 3.63) is 35.4 Å². The fourth-order valence-corrected chi connectivity index (χ4v) is 3.48. The standard InChI is InChI=1S/C18H23N3O3/c1-20(13-7-3-2-4-8-13)18(24)19-11-12-21-16(22)14-9-5-6-10-15(14)17(21)23/h5-6,9-10,13H,2-4,7-8,11-12H2,1H3,(H,19,24). The fourth-order valence-electron chi connectivity index (χ4n) is 3.48. The smallest absolute Gasteiger partial charge is 0.317 e. The molecule has 1 aliphatic carbocycles. The highest BCUT2D eigenvalue weighted by Gasteiger charge is 2.34. The zero-order chi connectivity index (χ0) is 17.1. The molecular formula is C18H23N3O3. The fraction of sp³-hybridized carbons (Fsp3) is 0.500. The molecule has 0 atom stereocenters. The summed E-state index contributed by atoms with van der Waals surface area (Å²) in [7, 11) is 1.81. The Hall–Kier alpha value is -2.37. The molecule has 24 heavy (non-hydrogen) atoms. The van der Waals surface area contributed by atoms with Gasteiger partial charge in [-0.3, -0.25) is 14.5 Å². The Labute approximate surface area is 141 Å². The summed E-state index contributed by atoms with van der Waals surface area (Å²) < 4.78 is 0. The van der Waals surface area contributed by atoms with E-state index in [0.29, 0.717) is 11.1 Å². The number of carbonyl (C=O) groups excluding carboxylic acids is 3. The van der Waals surface area contributed by atoms with Gasteiger partial charge in [-0.25, -0.2) is 4.79 Å². The zero-order valence-electron chi connectivity index (χ0n) is 14.0. The van der Waals surface area contributed by atoms with E-state index >= 15 is 0 Å². The van der Waals surface area contributed by atoms with Crippen LogP contribution >= 0.6 is 0 Å². The van der Waals surface area contributed by atoms with E-state index in [1.54, 1.807) is 29.2 Å². The van der Waals surface area contributed by atoms with Crippen molar-refractivity contribution in [2.24, 2.45) is 0 Å². The predicted molar refractivity (Wildman–Crippen MR) is 89.8 cm³/mol. The zero-order valence-corrected chi connectivity index (χ0v) is 14.0. The van der Waals surface area contributed by atoms with Gasteiger partial charge in [-0.1, -0.05) is 31.4 Å². The lowest BCUT2D eigenvalue weighted by molar-refractivity contribution is 0.0654. The summed E-state index contributed by atoms with van der Waals surface area (Å²) in [6.07, 6.45) is 5.66. The van der Waals surface area contributed by atoms with Crippen LogP contribution in [0.1, 0.15) is 52.8 Å². The van der Waals surface area contributed by atoms with Crippen LogP contribution in [0.5, 0.6) is 0 Å². The molecule has 0 unspecified atom stereocenters. The van der Waals surface area contributed by atoms with Crippen LogP contribution in [0.15, 0.2) is 24.3 Å². The molecule has 0 spiro atoms. The normalized spacial score (nSPS) is 17.8. The lowest BCUT2D eigenvalue weighted by Gasteiger charge is -2.31. The van der Waals surface area contributed by atoms with Gasteiger partial charge in [0.1, 0.15) is 0 Å². The van der Waals surface area contributed by atoms with Crippen molar-refractivity contribution in [2.75, 3.05) is 20.1 Å². The summed E-state index contributed by atoms with van der Waals surface area (Å²) in [6, 6.07) is 6.95. The minimum atomic E-state index is -0.287. The molecule has 0 saturated heterocycles. The summed E-state index contributed by atoms with van der Waals surface area (Å²) in [5.41, 5.74) is 0.876. The molecule has 1 aromatic rings. The van der Waals surface area contributed by atoms with E-state index in [0.717, 1.165) is 25.7 Å². The van der Waals surface area contributed by atoms with Gasteiger partial charge >= 0.3 is 6.03 Å². The number of amides is 4. The summed E-state index contributed by atoms with van der Waals surface area (Å²) in [5.74, 6) is -0.573. The molecule has 128 valence electrons. The molecule has 1 aromatic carbocycles. The largest absolute Gasteiger partial charge is 0.336 e. The summed E-state index contributed by atoms with van der Waals surface area (Å²) >= 11 is 0. The van der Waals surface area contributed by atoms with Crippen LogP contribution in [0, 0.1) is 0 Å². The number of urea groups is 1. The maximum absolute atomic E-state index is 12.2. The Bertz CT molecular complexity index is 618. The monoisotopic (exact) mass is 329 g/mol. The Morgan fingerprint density at radius 3 is 2.29 bits per heavy atom. The maximum Gasteiger partial charge on any atom is 0.317 e. The molecule has 4 amide bonds. The van der Waals surface area contributed by atoms with Gasteiger partial charge in [0.05, 0.1) is 11.1 Å². The average molecular weight is 329 g/mol. The SMILES string of the molecule is CN(C(=O)NCCN1C(=O)c2ccccc2C1=O)C1CCCCC1. The van der Waals surface area contributed by atoms with Crippen molar-refractivity contribution in [2.45, 2.75) is 38.1 Å². The molecular weight excluding hydrogens is 306 g/mol. The van der Waals surface area contributed by atoms with E-state index in [9.17, 15) is 14.4 Å². The molecule has 1 heterocycles. The number of fused-ring (bicyclic) bond motifs is 1. The first-order valence-electron chi connectivity index (χ1n) is 8.55. The number of imide groups is 1. The molecule has 1 N–H and O–H groups in total. The second-order valence-electron chi connectivity index (χ2n) is 6.44. The minimum absolute atomic E-state index is 0.140. The van der Waals surface area contributed by atoms with E-state index in [4.69, 9.17) is 0 Å². The Morgan fingerprint density at radius 1 is 1.12 bits per heavy atom. The van der Waals surface area contributed by atoms with Crippen molar-refractivity contribution in [3.63, 3.8) is 0 Å². The molecule has 0 bridgehead atoms. The second-order valence-corrected chi connectivity index (χ2v) is 6.44. The lowest BCUT2D eigenvalue weighted by atomic mass is 9.95. The van der Waals surface area contributed by atoms with Crippen LogP contribution in [0.3, 0.4) is 0 Å². The highest BCUT2D eigenvalue weighted by Crippen LogP contribution is 2.22. The first-order chi connectivity index (χ1) is 11.6. The summed E-state index contributed by atoms with van der Waals surface area (Å²) in [6.45, 7) is 0.456. The Balaban J connectivity index is 1.51. The molecule has 6 nitrogen and oxygen atoms in total. The van der Waals surface area contributed by atoms with E-state index in [-0.39, 0.29) is 37.0 Å². The van der Waals surface area contributed by atoms with Gasteiger partial charge in [0, 0.05) is 26.2 Å². The summed E-state index contributed by atoms with van der Waals surface area (Å²) in [5, 5.41) is 2.82. The highest BCUT2D eigenvalue weighted by molar-refractivity contribution is 6.21. The second kappa shape index (κ2) is 7.03. The summed E-state index contributed by atoms with van der Waals surface area (Å²) in [4.78, 5) is 39.7. The van der Waals surface area contributed by atoms with Gasteiger partial charge < -0.3 is 10.2 Å². The first-order valence-corrected chi connectivity index (χ1v) is 8.55. The average Bonchev–Trinajstić information content (AvgIpc) is 2.87. The number of hydrogen-bond donors (Lipinski definition) is 1. The van der Waals surface area contributed by atoms with Crippen LogP contribution in [0.4, 0.5) is 4.79 Å². The topological polar surface area (TPSA) is 69.7 Å². The van der Waals surface area contributed by atoms with Crippen molar-refractivity contribution in [1.82, 2.24) is 15.1 Å². The van der Waals surface area contributed by atoms with E-state index in [1.807, 2.05) is 7.05 Å². The Kier molecular flexibility index (Phi) is 4.83. The third-order valence-electron chi connectivity index (χ3n) is 4.93. The van der Waals surface area contributed by atoms with Gasteiger partial charge in [0.25, 0.3) is 11.8 Å². The van der Waals surface area contributed by atoms with E-state index < -0.39 is 0 Å². The van der Waals surface area contributed by atoms with Crippen LogP contribution in [-0.4, -0.2) is 53.8 Å². The quantitative estimate of drug-likeness (QED) is 0.862. The van der Waals surface area contributed by atoms with Crippen molar-refractivity contribution in [1.29, 1.82) is 0 Å². The third-order valence-corrected chi connectivity index (χ3v) is 4.93. The molecule has 0 aromatic heterocycles. The molecule has 1 fully saturated rings. The van der Waals surface area contributed by atoms with E-state index in [2.05, 4.69) is 5.32 Å². The number of nitrogens with one attached hydrogen (secondary N) is 1. The molecule has 1 saturated carbocycles. The number of rotatable bonds is 4. The van der Waals surface area contributed by atoms with Gasteiger partial charge in [-0.05, 0) is 25.0 Å². The third kappa shape index (κ3) is 3.13. The molecule has 6 heteroatoms. The minimum Gasteiger partial charge on any atom is -0.336 e. The molecule has 1 aliphatic heterocycles. The first kappa shape index (κ1) is 16.5. The predicted octanol–water partition coefficient (Wildman–Crippen LogP) is 2.26. The van der Waals surface area contributed by atoms with Crippen molar-refractivity contribution in [3.8, 4) is 0 Å². The molecule has 0 radical (unpaired) electrons. The number of benzene rings is 1. The van der Waals surface area contributed by atoms with Gasteiger partial charge in [0.15, 0.2) is 0 Å². The van der Waals surface area contributed by atoms with Crippen molar-refractivity contribution < 1.29 is 14.4 Å². The van der Waals surface area contributed by atoms with E-state index in [1.165, 1.54) is 11.3 Å². The van der Waals surface area contributed by atoms with Crippen molar-refractivity contribution >= 4 is 17.8 Å². The van der Waals surface area contributed by atoms with Crippen LogP contribution in [0.2, 0.25) is 0 Å². The van der Waals surface area contributed by atoms with Crippen LogP contribution in [-0.2, 0) is 0 Å². The number of carbonyl (C=O) groups is 3. The number of nitrogens with zero attached hydrogens (tertiary/aromatic N) is 2. The Morgan fingerprint density at radius 2 is 1.71 bits per heavy atom. The lowest BCUT2D eigenvalue weighted by Crippen LogP contribution is -2.46. The number of hydrogen-bond acceptors (Lipinski definition) is 3. The van der Waals surface area contributed by atoms with Crippen LogP contribution < -0.4 is 5.32 Å². The van der Waals surface area contributed by atoms with Gasteiger partial charge in [0.2, 0.25) is 0 Å². The molecule has 2 aliphatic rings. The highest BCUT2D eigenvalue weighted by atomic mass is 16.2. The van der Waals surface area contributed by atoms with Gasteiger partial charge in [-0.15, -0.1) is 0 Å². The molecule has 3 rings (SSSR count). The maximum atomic E-state index is 12.2. The van der Waals surface area contributed by atoms with Gasteiger partial charge in [-0.2, -0.15) is 0 Å².